The third kappa shape index (κ3) is 6.98. The minimum absolute atomic E-state index is 0.232. The van der Waals surface area contributed by atoms with Gasteiger partial charge in [0.05, 0.1) is 23.3 Å². The van der Waals surface area contributed by atoms with Gasteiger partial charge in [-0.1, -0.05) is 35.3 Å². The van der Waals surface area contributed by atoms with E-state index in [4.69, 9.17) is 50.6 Å². The SMILES string of the molecule is NC(=S)Nc1cccc(OCCCCCOc2c(Cl)cccc2Cl)c1. The second kappa shape index (κ2) is 10.3. The van der Waals surface area contributed by atoms with Crippen molar-refractivity contribution in [3.05, 3.63) is 52.5 Å². The molecule has 0 bridgehead atoms. The second-order valence-corrected chi connectivity index (χ2v) is 6.58. The van der Waals surface area contributed by atoms with Crippen LogP contribution in [0.15, 0.2) is 42.5 Å². The van der Waals surface area contributed by atoms with Crippen LogP contribution in [0.5, 0.6) is 11.5 Å². The molecule has 0 saturated carbocycles. The van der Waals surface area contributed by atoms with Crippen molar-refractivity contribution >= 4 is 46.2 Å². The van der Waals surface area contributed by atoms with E-state index in [1.54, 1.807) is 18.2 Å². The fourth-order valence-electron chi connectivity index (χ4n) is 2.17. The number of rotatable bonds is 9. The van der Waals surface area contributed by atoms with Crippen LogP contribution >= 0.6 is 35.4 Å². The van der Waals surface area contributed by atoms with Crippen LogP contribution in [0.3, 0.4) is 0 Å². The minimum atomic E-state index is 0.232. The molecule has 0 aliphatic heterocycles. The summed E-state index contributed by atoms with van der Waals surface area (Å²) in [6.45, 7) is 1.19. The third-order valence-corrected chi connectivity index (χ3v) is 4.02. The Labute approximate surface area is 163 Å². The lowest BCUT2D eigenvalue weighted by Crippen LogP contribution is -2.18. The fourth-order valence-corrected chi connectivity index (χ4v) is 2.80. The number of benzene rings is 2. The molecule has 0 saturated heterocycles. The van der Waals surface area contributed by atoms with E-state index < -0.39 is 0 Å². The number of hydrogen-bond donors (Lipinski definition) is 2. The van der Waals surface area contributed by atoms with Gasteiger partial charge in [0.15, 0.2) is 10.9 Å². The number of halogens is 2. The van der Waals surface area contributed by atoms with Gasteiger partial charge in [-0.15, -0.1) is 0 Å². The highest BCUT2D eigenvalue weighted by molar-refractivity contribution is 7.80. The number of nitrogens with two attached hydrogens (primary N) is 1. The Hall–Kier alpha value is -1.69. The van der Waals surface area contributed by atoms with Crippen molar-refractivity contribution in [3.8, 4) is 11.5 Å². The summed E-state index contributed by atoms with van der Waals surface area (Å²) in [7, 11) is 0. The number of anilines is 1. The molecule has 7 heteroatoms. The third-order valence-electron chi connectivity index (χ3n) is 3.32. The lowest BCUT2D eigenvalue weighted by Gasteiger charge is -2.10. The molecule has 2 aromatic rings. The summed E-state index contributed by atoms with van der Waals surface area (Å²) in [4.78, 5) is 0. The van der Waals surface area contributed by atoms with E-state index in [2.05, 4.69) is 5.32 Å². The fraction of sp³-hybridized carbons (Fsp3) is 0.278. The van der Waals surface area contributed by atoms with Crippen molar-refractivity contribution in [1.82, 2.24) is 0 Å². The van der Waals surface area contributed by atoms with Crippen molar-refractivity contribution < 1.29 is 9.47 Å². The van der Waals surface area contributed by atoms with Crippen LogP contribution in [-0.4, -0.2) is 18.3 Å². The molecule has 0 aromatic heterocycles. The van der Waals surface area contributed by atoms with Crippen molar-refractivity contribution in [2.75, 3.05) is 18.5 Å². The van der Waals surface area contributed by atoms with Gasteiger partial charge in [0.1, 0.15) is 5.75 Å². The first-order valence-electron chi connectivity index (χ1n) is 7.92. The molecule has 2 rings (SSSR count). The number of para-hydroxylation sites is 1. The molecule has 0 fully saturated rings. The van der Waals surface area contributed by atoms with Gasteiger partial charge in [-0.25, -0.2) is 0 Å². The van der Waals surface area contributed by atoms with E-state index in [1.807, 2.05) is 24.3 Å². The topological polar surface area (TPSA) is 56.5 Å². The van der Waals surface area contributed by atoms with E-state index in [1.165, 1.54) is 0 Å². The Morgan fingerprint density at radius 2 is 1.60 bits per heavy atom. The first-order valence-corrected chi connectivity index (χ1v) is 9.09. The summed E-state index contributed by atoms with van der Waals surface area (Å²) >= 11 is 16.9. The highest BCUT2D eigenvalue weighted by Crippen LogP contribution is 2.32. The molecule has 0 amide bonds. The number of hydrogen-bond acceptors (Lipinski definition) is 3. The molecule has 25 heavy (non-hydrogen) atoms. The number of thiocarbonyl (C=S) groups is 1. The average molecular weight is 399 g/mol. The zero-order valence-electron chi connectivity index (χ0n) is 13.6. The van der Waals surface area contributed by atoms with Gasteiger partial charge >= 0.3 is 0 Å². The Kier molecular flexibility index (Phi) is 8.12. The molecule has 3 N–H and O–H groups in total. The average Bonchev–Trinajstić information content (AvgIpc) is 2.56. The summed E-state index contributed by atoms with van der Waals surface area (Å²) in [6, 6.07) is 12.8. The van der Waals surface area contributed by atoms with E-state index in [9.17, 15) is 0 Å². The zero-order chi connectivity index (χ0) is 18.1. The van der Waals surface area contributed by atoms with Crippen LogP contribution in [-0.2, 0) is 0 Å². The highest BCUT2D eigenvalue weighted by Gasteiger charge is 2.06. The van der Waals surface area contributed by atoms with Gasteiger partial charge in [0, 0.05) is 11.8 Å². The predicted molar refractivity (Wildman–Crippen MR) is 108 cm³/mol. The highest BCUT2D eigenvalue weighted by atomic mass is 35.5. The lowest BCUT2D eigenvalue weighted by molar-refractivity contribution is 0.279. The van der Waals surface area contributed by atoms with Crippen LogP contribution in [0, 0.1) is 0 Å². The van der Waals surface area contributed by atoms with Gasteiger partial charge in [-0.3, -0.25) is 0 Å². The smallest absolute Gasteiger partial charge is 0.168 e. The van der Waals surface area contributed by atoms with Crippen LogP contribution in [0.2, 0.25) is 10.0 Å². The summed E-state index contributed by atoms with van der Waals surface area (Å²) < 4.78 is 11.4. The normalized spacial score (nSPS) is 10.3. The molecule has 0 unspecified atom stereocenters. The molecule has 134 valence electrons. The number of nitrogens with one attached hydrogen (secondary N) is 1. The molecular formula is C18H20Cl2N2O2S. The number of unbranched alkanes of at least 4 members (excludes halogenated alkanes) is 2. The van der Waals surface area contributed by atoms with Gasteiger partial charge in [0.25, 0.3) is 0 Å². The maximum Gasteiger partial charge on any atom is 0.168 e. The lowest BCUT2D eigenvalue weighted by atomic mass is 10.2. The molecule has 2 aromatic carbocycles. The monoisotopic (exact) mass is 398 g/mol. The second-order valence-electron chi connectivity index (χ2n) is 5.33. The van der Waals surface area contributed by atoms with Gasteiger partial charge in [-0.05, 0) is 55.7 Å². The standard InChI is InChI=1S/C18H20Cl2N2O2S/c19-15-8-5-9-16(20)17(15)24-11-3-1-2-10-23-14-7-4-6-13(12-14)22-18(21)25/h4-9,12H,1-3,10-11H2,(H3,21,22,25). The van der Waals surface area contributed by atoms with Crippen molar-refractivity contribution in [2.45, 2.75) is 19.3 Å². The Balaban J connectivity index is 1.63. The van der Waals surface area contributed by atoms with E-state index in [-0.39, 0.29) is 5.11 Å². The quantitative estimate of drug-likeness (QED) is 0.444. The molecule has 0 heterocycles. The van der Waals surface area contributed by atoms with Crippen molar-refractivity contribution in [1.29, 1.82) is 0 Å². The molecule has 0 aliphatic rings. The molecule has 0 spiro atoms. The minimum Gasteiger partial charge on any atom is -0.494 e. The largest absolute Gasteiger partial charge is 0.494 e. The zero-order valence-corrected chi connectivity index (χ0v) is 16.0. The maximum absolute atomic E-state index is 6.05. The first-order chi connectivity index (χ1) is 12.1. The maximum atomic E-state index is 6.05. The van der Waals surface area contributed by atoms with Gasteiger partial charge in [0.2, 0.25) is 0 Å². The molecule has 0 atom stereocenters. The summed E-state index contributed by atoms with van der Waals surface area (Å²) in [5.74, 6) is 1.32. The van der Waals surface area contributed by atoms with E-state index in [0.717, 1.165) is 30.7 Å². The predicted octanol–water partition coefficient (Wildman–Crippen LogP) is 5.28. The van der Waals surface area contributed by atoms with Gasteiger partial charge in [-0.2, -0.15) is 0 Å². The summed E-state index contributed by atoms with van der Waals surface area (Å²) in [5, 5.41) is 4.17. The van der Waals surface area contributed by atoms with Crippen molar-refractivity contribution in [2.24, 2.45) is 5.73 Å². The molecule has 0 radical (unpaired) electrons. The summed E-state index contributed by atoms with van der Waals surface area (Å²) in [5.41, 5.74) is 6.27. The molecule has 4 nitrogen and oxygen atoms in total. The van der Waals surface area contributed by atoms with Gasteiger partial charge < -0.3 is 20.5 Å². The Bertz CT molecular complexity index is 693. The first kappa shape index (κ1) is 19.6. The van der Waals surface area contributed by atoms with Crippen LogP contribution in [0.4, 0.5) is 5.69 Å². The van der Waals surface area contributed by atoms with Crippen LogP contribution < -0.4 is 20.5 Å². The number of ether oxygens (including phenoxy) is 2. The molecular weight excluding hydrogens is 379 g/mol. The van der Waals surface area contributed by atoms with E-state index in [0.29, 0.717) is 29.0 Å². The summed E-state index contributed by atoms with van der Waals surface area (Å²) in [6.07, 6.45) is 2.80. The van der Waals surface area contributed by atoms with E-state index >= 15 is 0 Å². The Morgan fingerprint density at radius 3 is 2.28 bits per heavy atom. The molecule has 0 aliphatic carbocycles. The Morgan fingerprint density at radius 1 is 0.960 bits per heavy atom. The van der Waals surface area contributed by atoms with Crippen LogP contribution in [0.1, 0.15) is 19.3 Å². The van der Waals surface area contributed by atoms with Crippen LogP contribution in [0.25, 0.3) is 0 Å². The van der Waals surface area contributed by atoms with Crippen molar-refractivity contribution in [3.63, 3.8) is 0 Å².